The molecule has 10 nitrogen and oxygen atoms in total. The topological polar surface area (TPSA) is 113 Å². The Hall–Kier alpha value is -4.21. The van der Waals surface area contributed by atoms with E-state index in [1.807, 2.05) is 31.2 Å². The third kappa shape index (κ3) is 5.69. The van der Waals surface area contributed by atoms with Crippen LogP contribution in [0.2, 0.25) is 0 Å². The first-order chi connectivity index (χ1) is 18.2. The maximum atomic E-state index is 13.2. The first kappa shape index (κ1) is 26.8. The standard InChI is InChI=1S/C28H32N4O6/c1-4-38-28(35)27-20(3)31(25(33)17-24(27)21-7-5-6-19(2)16-21)18-26(34)30-14-12-29(13-15-30)22-8-10-23(11-9-22)32(36)37/h5-11,16,24H,4,12-15,17-18H2,1-3H3. The first-order valence-electron chi connectivity index (χ1n) is 12.7. The molecule has 1 unspecified atom stereocenters. The van der Waals surface area contributed by atoms with Gasteiger partial charge in [0.1, 0.15) is 6.54 Å². The van der Waals surface area contributed by atoms with E-state index in [9.17, 15) is 24.5 Å². The Morgan fingerprint density at radius 3 is 2.34 bits per heavy atom. The minimum atomic E-state index is -0.474. The second kappa shape index (κ2) is 11.5. The number of anilines is 1. The Labute approximate surface area is 221 Å². The number of non-ortho nitro benzene ring substituents is 1. The van der Waals surface area contributed by atoms with Crippen molar-refractivity contribution in [1.82, 2.24) is 9.80 Å². The molecule has 0 N–H and O–H groups in total. The molecule has 200 valence electrons. The van der Waals surface area contributed by atoms with E-state index in [1.165, 1.54) is 17.0 Å². The van der Waals surface area contributed by atoms with Crippen molar-refractivity contribution in [3.05, 3.63) is 81.0 Å². The fourth-order valence-electron chi connectivity index (χ4n) is 5.08. The minimum Gasteiger partial charge on any atom is -0.463 e. The van der Waals surface area contributed by atoms with Crippen molar-refractivity contribution in [3.8, 4) is 0 Å². The number of hydrogen-bond donors (Lipinski definition) is 0. The van der Waals surface area contributed by atoms with E-state index in [1.54, 1.807) is 30.9 Å². The molecule has 2 aromatic carbocycles. The summed E-state index contributed by atoms with van der Waals surface area (Å²) in [6, 6.07) is 14.1. The molecule has 0 aromatic heterocycles. The molecule has 0 bridgehead atoms. The van der Waals surface area contributed by atoms with Gasteiger partial charge in [0.25, 0.3) is 5.69 Å². The largest absolute Gasteiger partial charge is 0.463 e. The maximum Gasteiger partial charge on any atom is 0.336 e. The Morgan fingerprint density at radius 2 is 1.74 bits per heavy atom. The summed E-state index contributed by atoms with van der Waals surface area (Å²) < 4.78 is 5.34. The molecule has 0 saturated carbocycles. The Bertz CT molecular complexity index is 1260. The van der Waals surface area contributed by atoms with Gasteiger partial charge >= 0.3 is 5.97 Å². The Balaban J connectivity index is 1.47. The highest BCUT2D eigenvalue weighted by Crippen LogP contribution is 2.37. The van der Waals surface area contributed by atoms with Gasteiger partial charge in [0.05, 0.1) is 17.1 Å². The molecule has 2 aliphatic rings. The average molecular weight is 521 g/mol. The summed E-state index contributed by atoms with van der Waals surface area (Å²) in [4.78, 5) is 55.1. The van der Waals surface area contributed by atoms with Crippen LogP contribution in [0.15, 0.2) is 59.8 Å². The van der Waals surface area contributed by atoms with Gasteiger partial charge in [-0.05, 0) is 38.5 Å². The average Bonchev–Trinajstić information content (AvgIpc) is 2.90. The second-order valence-corrected chi connectivity index (χ2v) is 9.51. The number of aryl methyl sites for hydroxylation is 1. The van der Waals surface area contributed by atoms with Crippen LogP contribution in [0.3, 0.4) is 0 Å². The van der Waals surface area contributed by atoms with E-state index in [0.29, 0.717) is 37.4 Å². The third-order valence-corrected chi connectivity index (χ3v) is 7.11. The lowest BCUT2D eigenvalue weighted by molar-refractivity contribution is -0.384. The molecule has 2 amide bonds. The van der Waals surface area contributed by atoms with Crippen molar-refractivity contribution in [3.63, 3.8) is 0 Å². The molecule has 10 heteroatoms. The van der Waals surface area contributed by atoms with Gasteiger partial charge in [-0.15, -0.1) is 0 Å². The molecule has 0 spiro atoms. The fourth-order valence-corrected chi connectivity index (χ4v) is 5.08. The normalized spacial score (nSPS) is 18.0. The summed E-state index contributed by atoms with van der Waals surface area (Å²) in [5.41, 5.74) is 3.64. The van der Waals surface area contributed by atoms with Crippen LogP contribution in [0.4, 0.5) is 11.4 Å². The van der Waals surface area contributed by atoms with Crippen LogP contribution in [0.25, 0.3) is 0 Å². The molecule has 1 atom stereocenters. The second-order valence-electron chi connectivity index (χ2n) is 9.51. The van der Waals surface area contributed by atoms with Gasteiger partial charge in [-0.3, -0.25) is 19.7 Å². The predicted octanol–water partition coefficient (Wildman–Crippen LogP) is 3.41. The summed E-state index contributed by atoms with van der Waals surface area (Å²) in [6.07, 6.45) is 0.0795. The van der Waals surface area contributed by atoms with Crippen LogP contribution in [0.1, 0.15) is 37.3 Å². The van der Waals surface area contributed by atoms with Gasteiger partial charge in [-0.25, -0.2) is 4.79 Å². The Kier molecular flexibility index (Phi) is 8.09. The monoisotopic (exact) mass is 520 g/mol. The zero-order valence-corrected chi connectivity index (χ0v) is 21.9. The molecule has 2 aromatic rings. The van der Waals surface area contributed by atoms with E-state index >= 15 is 0 Å². The van der Waals surface area contributed by atoms with E-state index in [0.717, 1.165) is 16.8 Å². The number of esters is 1. The number of allylic oxidation sites excluding steroid dienone is 1. The molecule has 0 radical (unpaired) electrons. The van der Waals surface area contributed by atoms with Crippen molar-refractivity contribution < 1.29 is 24.0 Å². The third-order valence-electron chi connectivity index (χ3n) is 7.11. The number of nitro benzene ring substituents is 1. The lowest BCUT2D eigenvalue weighted by Gasteiger charge is -2.38. The number of hydrogen-bond acceptors (Lipinski definition) is 7. The predicted molar refractivity (Wildman–Crippen MR) is 141 cm³/mol. The summed E-state index contributed by atoms with van der Waals surface area (Å²) in [7, 11) is 0. The lowest BCUT2D eigenvalue weighted by Crippen LogP contribution is -2.52. The SMILES string of the molecule is CCOC(=O)C1=C(C)N(CC(=O)N2CCN(c3ccc([N+](=O)[O-])cc3)CC2)C(=O)CC1c1cccc(C)c1. The highest BCUT2D eigenvalue weighted by atomic mass is 16.6. The highest BCUT2D eigenvalue weighted by molar-refractivity contribution is 5.97. The van der Waals surface area contributed by atoms with E-state index < -0.39 is 16.8 Å². The summed E-state index contributed by atoms with van der Waals surface area (Å²) in [6.45, 7) is 7.50. The van der Waals surface area contributed by atoms with Gasteiger partial charge in [0.15, 0.2) is 0 Å². The van der Waals surface area contributed by atoms with Crippen LogP contribution < -0.4 is 4.90 Å². The van der Waals surface area contributed by atoms with Crippen molar-refractivity contribution in [2.75, 3.05) is 44.2 Å². The molecule has 1 saturated heterocycles. The number of benzene rings is 2. The fraction of sp³-hybridized carbons (Fsp3) is 0.393. The van der Waals surface area contributed by atoms with Gasteiger partial charge in [-0.1, -0.05) is 29.8 Å². The van der Waals surface area contributed by atoms with Crippen LogP contribution >= 0.6 is 0 Å². The van der Waals surface area contributed by atoms with E-state index in [-0.39, 0.29) is 37.1 Å². The minimum absolute atomic E-state index is 0.0315. The number of carbonyl (C=O) groups excluding carboxylic acids is 3. The van der Waals surface area contributed by atoms with Crippen LogP contribution in [-0.4, -0.2) is 71.8 Å². The van der Waals surface area contributed by atoms with Gasteiger partial charge in [0, 0.05) is 62.0 Å². The van der Waals surface area contributed by atoms with Gasteiger partial charge < -0.3 is 19.4 Å². The molecule has 0 aliphatic carbocycles. The number of ether oxygens (including phenoxy) is 1. The molecule has 1 fully saturated rings. The zero-order valence-electron chi connectivity index (χ0n) is 21.9. The number of nitro groups is 1. The number of amides is 2. The van der Waals surface area contributed by atoms with E-state index in [4.69, 9.17) is 4.74 Å². The van der Waals surface area contributed by atoms with E-state index in [2.05, 4.69) is 4.90 Å². The van der Waals surface area contributed by atoms with Crippen LogP contribution in [-0.2, 0) is 19.1 Å². The molecule has 4 rings (SSSR count). The van der Waals surface area contributed by atoms with Crippen molar-refractivity contribution >= 4 is 29.2 Å². The number of nitrogens with zero attached hydrogens (tertiary/aromatic N) is 4. The Morgan fingerprint density at radius 1 is 1.05 bits per heavy atom. The quantitative estimate of drug-likeness (QED) is 0.312. The summed E-state index contributed by atoms with van der Waals surface area (Å²) in [5.74, 6) is -1.31. The van der Waals surface area contributed by atoms with Crippen LogP contribution in [0, 0.1) is 17.0 Å². The molecule has 2 aliphatic heterocycles. The smallest absolute Gasteiger partial charge is 0.336 e. The number of piperazine rings is 1. The van der Waals surface area contributed by atoms with Gasteiger partial charge in [0.2, 0.25) is 11.8 Å². The molecule has 2 heterocycles. The summed E-state index contributed by atoms with van der Waals surface area (Å²) in [5, 5.41) is 10.9. The summed E-state index contributed by atoms with van der Waals surface area (Å²) >= 11 is 0. The van der Waals surface area contributed by atoms with Crippen molar-refractivity contribution in [1.29, 1.82) is 0 Å². The lowest BCUT2D eigenvalue weighted by atomic mass is 9.83. The number of carbonyl (C=O) groups is 3. The maximum absolute atomic E-state index is 13.2. The van der Waals surface area contributed by atoms with Gasteiger partial charge in [-0.2, -0.15) is 0 Å². The zero-order chi connectivity index (χ0) is 27.4. The van der Waals surface area contributed by atoms with Crippen molar-refractivity contribution in [2.24, 2.45) is 0 Å². The molecular formula is C28H32N4O6. The van der Waals surface area contributed by atoms with Crippen LogP contribution in [0.5, 0.6) is 0 Å². The number of rotatable bonds is 7. The first-order valence-corrected chi connectivity index (χ1v) is 12.7. The van der Waals surface area contributed by atoms with Crippen molar-refractivity contribution in [2.45, 2.75) is 33.1 Å². The molecular weight excluding hydrogens is 488 g/mol. The molecule has 38 heavy (non-hydrogen) atoms. The highest BCUT2D eigenvalue weighted by Gasteiger charge is 2.38.